The average Bonchev–Trinajstić information content (AvgIpc) is 3.10. The first kappa shape index (κ1) is 16.7. The molecule has 24 heavy (non-hydrogen) atoms. The molecular weight excluding hydrogens is 309 g/mol. The highest BCUT2D eigenvalue weighted by Crippen LogP contribution is 2.18. The van der Waals surface area contributed by atoms with Crippen molar-refractivity contribution in [2.45, 2.75) is 38.1 Å². The third-order valence-corrected chi connectivity index (χ3v) is 4.87. The van der Waals surface area contributed by atoms with E-state index in [2.05, 4.69) is 5.32 Å². The molecule has 1 heterocycles. The van der Waals surface area contributed by atoms with Gasteiger partial charge in [0, 0.05) is 32.2 Å². The number of carbonyl (C=O) groups is 2. The van der Waals surface area contributed by atoms with E-state index in [1.807, 2.05) is 0 Å². The summed E-state index contributed by atoms with van der Waals surface area (Å²) in [4.78, 5) is 28.1. The molecule has 1 N–H and O–H groups in total. The molecule has 0 spiro atoms. The molecule has 1 aliphatic heterocycles. The maximum Gasteiger partial charge on any atom is 0.317 e. The van der Waals surface area contributed by atoms with E-state index in [0.29, 0.717) is 32.2 Å². The summed E-state index contributed by atoms with van der Waals surface area (Å²) in [7, 11) is 0. The molecule has 0 radical (unpaired) electrons. The molecule has 0 unspecified atom stereocenters. The predicted molar refractivity (Wildman–Crippen MR) is 89.0 cm³/mol. The summed E-state index contributed by atoms with van der Waals surface area (Å²) in [6.07, 6.45) is 4.80. The van der Waals surface area contributed by atoms with Crippen molar-refractivity contribution in [2.24, 2.45) is 0 Å². The quantitative estimate of drug-likeness (QED) is 0.922. The summed E-state index contributed by atoms with van der Waals surface area (Å²) in [5.41, 5.74) is 0.808. The summed E-state index contributed by atoms with van der Waals surface area (Å²) in [6, 6.07) is 6.32. The lowest BCUT2D eigenvalue weighted by molar-refractivity contribution is -0.131. The Labute approximate surface area is 141 Å². The smallest absolute Gasteiger partial charge is 0.317 e. The second-order valence-electron chi connectivity index (χ2n) is 6.60. The standard InChI is InChI=1S/C18H24FN3O2/c19-15-7-5-14(6-8-15)13-17(23)21-9-11-22(12-10-21)18(24)20-16-3-1-2-4-16/h5-8,16H,1-4,9-13H2,(H,20,24). The zero-order chi connectivity index (χ0) is 16.9. The van der Waals surface area contributed by atoms with Crippen LogP contribution in [0.4, 0.5) is 9.18 Å². The van der Waals surface area contributed by atoms with Crippen molar-refractivity contribution >= 4 is 11.9 Å². The first-order valence-corrected chi connectivity index (χ1v) is 8.69. The lowest BCUT2D eigenvalue weighted by Crippen LogP contribution is -2.54. The van der Waals surface area contributed by atoms with Gasteiger partial charge in [-0.3, -0.25) is 4.79 Å². The maximum atomic E-state index is 12.9. The van der Waals surface area contributed by atoms with Crippen molar-refractivity contribution in [3.8, 4) is 0 Å². The van der Waals surface area contributed by atoms with E-state index < -0.39 is 0 Å². The molecular formula is C18H24FN3O2. The van der Waals surface area contributed by atoms with Crippen LogP contribution in [0.1, 0.15) is 31.2 Å². The number of nitrogens with one attached hydrogen (secondary N) is 1. The maximum absolute atomic E-state index is 12.9. The minimum Gasteiger partial charge on any atom is -0.339 e. The van der Waals surface area contributed by atoms with E-state index in [4.69, 9.17) is 0 Å². The number of carbonyl (C=O) groups excluding carboxylic acids is 2. The number of amides is 3. The van der Waals surface area contributed by atoms with Gasteiger partial charge in [-0.15, -0.1) is 0 Å². The van der Waals surface area contributed by atoms with Crippen LogP contribution in [0.15, 0.2) is 24.3 Å². The SMILES string of the molecule is O=C(Cc1ccc(F)cc1)N1CCN(C(=O)NC2CCCC2)CC1. The lowest BCUT2D eigenvalue weighted by Gasteiger charge is -2.35. The van der Waals surface area contributed by atoms with Crippen LogP contribution < -0.4 is 5.32 Å². The Morgan fingerprint density at radius 1 is 1.00 bits per heavy atom. The van der Waals surface area contributed by atoms with Crippen LogP contribution in [0.5, 0.6) is 0 Å². The summed E-state index contributed by atoms with van der Waals surface area (Å²) in [6.45, 7) is 2.23. The van der Waals surface area contributed by atoms with Gasteiger partial charge in [0.15, 0.2) is 0 Å². The molecule has 0 aromatic heterocycles. The summed E-state index contributed by atoms with van der Waals surface area (Å²) >= 11 is 0. The highest BCUT2D eigenvalue weighted by molar-refractivity contribution is 5.79. The molecule has 1 saturated heterocycles. The molecule has 6 heteroatoms. The molecule has 2 aliphatic rings. The number of nitrogens with zero attached hydrogens (tertiary/aromatic N) is 2. The fraction of sp³-hybridized carbons (Fsp3) is 0.556. The third-order valence-electron chi connectivity index (χ3n) is 4.87. The van der Waals surface area contributed by atoms with Gasteiger partial charge in [0.05, 0.1) is 6.42 Å². The molecule has 0 atom stereocenters. The van der Waals surface area contributed by atoms with E-state index in [-0.39, 0.29) is 24.2 Å². The van der Waals surface area contributed by atoms with Crippen LogP contribution in [-0.4, -0.2) is 54.0 Å². The van der Waals surface area contributed by atoms with E-state index in [1.54, 1.807) is 21.9 Å². The number of rotatable bonds is 3. The second kappa shape index (κ2) is 7.64. The van der Waals surface area contributed by atoms with Crippen LogP contribution >= 0.6 is 0 Å². The monoisotopic (exact) mass is 333 g/mol. The number of piperazine rings is 1. The summed E-state index contributed by atoms with van der Waals surface area (Å²) in [5.74, 6) is -0.273. The number of benzene rings is 1. The van der Waals surface area contributed by atoms with E-state index in [1.165, 1.54) is 25.0 Å². The van der Waals surface area contributed by atoms with Gasteiger partial charge in [-0.25, -0.2) is 9.18 Å². The van der Waals surface area contributed by atoms with Crippen LogP contribution in [0.25, 0.3) is 0 Å². The Balaban J connectivity index is 1.44. The number of hydrogen-bond acceptors (Lipinski definition) is 2. The molecule has 2 fully saturated rings. The number of hydrogen-bond donors (Lipinski definition) is 1. The average molecular weight is 333 g/mol. The van der Waals surface area contributed by atoms with E-state index in [0.717, 1.165) is 18.4 Å². The second-order valence-corrected chi connectivity index (χ2v) is 6.60. The van der Waals surface area contributed by atoms with Crippen molar-refractivity contribution in [3.05, 3.63) is 35.6 Å². The molecule has 130 valence electrons. The van der Waals surface area contributed by atoms with Gasteiger partial charge >= 0.3 is 6.03 Å². The Hall–Kier alpha value is -2.11. The van der Waals surface area contributed by atoms with Crippen LogP contribution in [0.3, 0.4) is 0 Å². The highest BCUT2D eigenvalue weighted by Gasteiger charge is 2.26. The predicted octanol–water partition coefficient (Wildman–Crippen LogP) is 2.16. The fourth-order valence-corrected chi connectivity index (χ4v) is 3.38. The molecule has 5 nitrogen and oxygen atoms in total. The van der Waals surface area contributed by atoms with E-state index in [9.17, 15) is 14.0 Å². The Kier molecular flexibility index (Phi) is 5.33. The summed E-state index contributed by atoms with van der Waals surface area (Å²) in [5, 5.41) is 3.09. The molecule has 1 aliphatic carbocycles. The van der Waals surface area contributed by atoms with Crippen molar-refractivity contribution in [1.82, 2.24) is 15.1 Å². The molecule has 0 bridgehead atoms. The van der Waals surface area contributed by atoms with Crippen molar-refractivity contribution in [1.29, 1.82) is 0 Å². The normalized spacial score (nSPS) is 18.7. The van der Waals surface area contributed by atoms with Gasteiger partial charge in [0.1, 0.15) is 5.82 Å². The van der Waals surface area contributed by atoms with Crippen LogP contribution in [0, 0.1) is 5.82 Å². The zero-order valence-electron chi connectivity index (χ0n) is 13.8. The Bertz CT molecular complexity index is 576. The minimum absolute atomic E-state index is 0.00691. The van der Waals surface area contributed by atoms with Gasteiger partial charge < -0.3 is 15.1 Å². The molecule has 1 aromatic carbocycles. The van der Waals surface area contributed by atoms with Gasteiger partial charge in [0.2, 0.25) is 5.91 Å². The zero-order valence-corrected chi connectivity index (χ0v) is 13.8. The van der Waals surface area contributed by atoms with Crippen molar-refractivity contribution in [3.63, 3.8) is 0 Å². The topological polar surface area (TPSA) is 52.7 Å². The Morgan fingerprint density at radius 2 is 1.58 bits per heavy atom. The largest absolute Gasteiger partial charge is 0.339 e. The minimum atomic E-state index is -0.298. The first-order valence-electron chi connectivity index (χ1n) is 8.69. The Morgan fingerprint density at radius 3 is 2.21 bits per heavy atom. The summed E-state index contributed by atoms with van der Waals surface area (Å²) < 4.78 is 12.9. The van der Waals surface area contributed by atoms with E-state index >= 15 is 0 Å². The van der Waals surface area contributed by atoms with Crippen LogP contribution in [0.2, 0.25) is 0 Å². The number of urea groups is 1. The third kappa shape index (κ3) is 4.24. The van der Waals surface area contributed by atoms with Gasteiger partial charge in [-0.1, -0.05) is 25.0 Å². The van der Waals surface area contributed by atoms with Gasteiger partial charge in [-0.2, -0.15) is 0 Å². The first-order chi connectivity index (χ1) is 11.6. The lowest BCUT2D eigenvalue weighted by atomic mass is 10.1. The van der Waals surface area contributed by atoms with Gasteiger partial charge in [0.25, 0.3) is 0 Å². The van der Waals surface area contributed by atoms with Crippen LogP contribution in [-0.2, 0) is 11.2 Å². The van der Waals surface area contributed by atoms with Crippen molar-refractivity contribution in [2.75, 3.05) is 26.2 Å². The molecule has 1 aromatic rings. The molecule has 3 amide bonds. The fourth-order valence-electron chi connectivity index (χ4n) is 3.38. The molecule has 1 saturated carbocycles. The van der Waals surface area contributed by atoms with Gasteiger partial charge in [-0.05, 0) is 30.5 Å². The van der Waals surface area contributed by atoms with Crippen molar-refractivity contribution < 1.29 is 14.0 Å². The molecule has 3 rings (SSSR count). The highest BCUT2D eigenvalue weighted by atomic mass is 19.1. The number of halogens is 1.